The van der Waals surface area contributed by atoms with E-state index in [2.05, 4.69) is 27.7 Å². The standard InChI is InChI=1S/C16H16O2.C15H16O.C11H14O2.C10H14O.CH3F.CH3NO2.2F2/c1-10-9-14(12(3)11(10)2)16(18)15(17)13-7-5-4-6-8-13;1-10-9-14(12(3)11(10)2)15(16)13-7-5-4-6-8-13;1-6-5-10(8(3)7(6)2)11(13)9(4)12;1-6-5-10(9(4)11)8(3)7(6)2;1-2;1-2(3)4;2*1-2/h4-8H,9H2,1-3H3;4-8H,9H2,1-3H3;5H2,1-4H3;5H2,1-4H3;1H3;1H3;;. The Bertz CT molecular complexity index is 2460. The van der Waals surface area contributed by atoms with Crippen LogP contribution in [0.3, 0.4) is 0 Å². The summed E-state index contributed by atoms with van der Waals surface area (Å²) < 4.78 is 41.5. The topological polar surface area (TPSA) is 146 Å². The van der Waals surface area contributed by atoms with Crippen LogP contribution >= 0.6 is 0 Å². The van der Waals surface area contributed by atoms with Crippen molar-refractivity contribution in [3.63, 3.8) is 0 Å². The van der Waals surface area contributed by atoms with Crippen LogP contribution in [0.5, 0.6) is 0 Å². The zero-order valence-electron chi connectivity index (χ0n) is 42.2. The molecule has 4 aliphatic carbocycles. The van der Waals surface area contributed by atoms with E-state index in [0.717, 1.165) is 64.5 Å². The summed E-state index contributed by atoms with van der Waals surface area (Å²) in [5.41, 5.74) is 18.7. The average Bonchev–Trinajstić information content (AvgIpc) is 3.96. The van der Waals surface area contributed by atoms with Gasteiger partial charge in [0, 0.05) is 63.6 Å². The highest BCUT2D eigenvalue weighted by atomic mass is 20.0. The largest absolute Gasteiger partial charge is 0.295 e. The minimum absolute atomic E-state index is 0.175. The van der Waals surface area contributed by atoms with Crippen molar-refractivity contribution in [3.8, 4) is 0 Å². The quantitative estimate of drug-likeness (QED) is 0.0836. The molecular formula is C54H66F5NO8. The number of nitrogens with zero attached hydrogens (tertiary/aromatic N) is 1. The molecule has 370 valence electrons. The predicted molar refractivity (Wildman–Crippen MR) is 260 cm³/mol. The minimum atomic E-state index is -0.500. The van der Waals surface area contributed by atoms with Crippen molar-refractivity contribution in [1.29, 1.82) is 0 Å². The van der Waals surface area contributed by atoms with Crippen LogP contribution in [0.15, 0.2) is 150 Å². The van der Waals surface area contributed by atoms with E-state index in [1.165, 1.54) is 45.9 Å². The number of hydrogen-bond donors (Lipinski definition) is 0. The smallest absolute Gasteiger partial charge is 0.233 e. The molecule has 0 fully saturated rings. The molecule has 0 saturated carbocycles. The Morgan fingerprint density at radius 1 is 0.426 bits per heavy atom. The van der Waals surface area contributed by atoms with Crippen LogP contribution < -0.4 is 0 Å². The summed E-state index contributed by atoms with van der Waals surface area (Å²) in [6.07, 6.45) is 2.93. The molecule has 0 bridgehead atoms. The van der Waals surface area contributed by atoms with Gasteiger partial charge in [-0.1, -0.05) is 83.0 Å². The van der Waals surface area contributed by atoms with E-state index >= 15 is 0 Å². The van der Waals surface area contributed by atoms with E-state index in [1.54, 1.807) is 31.2 Å². The SMILES string of the molecule is CC(=O)C(=O)C1=C(C)C(C)=C(C)C1.CC(=O)C1=C(C)C(C)=C(C)C1.CC1=C(C)C(C)=C(C(=O)C(=O)c2ccccc2)C1.CC1=C(C)C(C)=C(C(=O)c2ccccc2)C1.CF.C[N+](=O)[O-].FF.FF. The summed E-state index contributed by atoms with van der Waals surface area (Å²) in [4.78, 5) is 78.2. The zero-order chi connectivity index (χ0) is 53.3. The van der Waals surface area contributed by atoms with Crippen LogP contribution in [0.2, 0.25) is 0 Å². The first kappa shape index (κ1) is 63.5. The van der Waals surface area contributed by atoms with Crippen LogP contribution in [0.25, 0.3) is 0 Å². The third-order valence-corrected chi connectivity index (χ3v) is 12.2. The van der Waals surface area contributed by atoms with Crippen molar-refractivity contribution >= 4 is 34.7 Å². The molecule has 0 spiro atoms. The molecule has 14 heteroatoms. The lowest BCUT2D eigenvalue weighted by atomic mass is 9.98. The number of hydrogen-bond acceptors (Lipinski definition) is 8. The van der Waals surface area contributed by atoms with Crippen molar-refractivity contribution < 1.29 is 56.4 Å². The number of carbonyl (C=O) groups excluding carboxylic acids is 6. The third kappa shape index (κ3) is 18.3. The molecule has 2 aromatic carbocycles. The Hall–Kier alpha value is -6.57. The van der Waals surface area contributed by atoms with E-state index in [4.69, 9.17) is 28.4 Å². The maximum absolute atomic E-state index is 12.3. The molecule has 0 saturated heterocycles. The van der Waals surface area contributed by atoms with Gasteiger partial charge in [-0.15, -0.1) is 0 Å². The van der Waals surface area contributed by atoms with Crippen molar-refractivity contribution in [1.82, 2.24) is 0 Å². The highest BCUT2D eigenvalue weighted by Gasteiger charge is 2.27. The molecule has 0 N–H and O–H groups in total. The molecule has 0 unspecified atom stereocenters. The van der Waals surface area contributed by atoms with Crippen LogP contribution in [-0.2, 0) is 19.2 Å². The molecule has 2 aromatic rings. The van der Waals surface area contributed by atoms with Gasteiger partial charge in [0.05, 0.1) is 7.18 Å². The maximum atomic E-state index is 12.3. The van der Waals surface area contributed by atoms with Gasteiger partial charge in [0.15, 0.2) is 24.4 Å². The fraction of sp³-hybridized carbons (Fsp3) is 0.370. The van der Waals surface area contributed by atoms with Crippen LogP contribution in [0.1, 0.15) is 143 Å². The summed E-state index contributed by atoms with van der Waals surface area (Å²) in [5.74, 6) is -1.07. The highest BCUT2D eigenvalue weighted by molar-refractivity contribution is 6.49. The molecule has 0 heterocycles. The number of benzene rings is 2. The third-order valence-electron chi connectivity index (χ3n) is 12.2. The molecule has 0 atom stereocenters. The molecule has 0 radical (unpaired) electrons. The normalized spacial score (nSPS) is 14.6. The Labute approximate surface area is 397 Å². The van der Waals surface area contributed by atoms with Crippen molar-refractivity contribution in [2.24, 2.45) is 0 Å². The van der Waals surface area contributed by atoms with Crippen LogP contribution in [0.4, 0.5) is 22.7 Å². The van der Waals surface area contributed by atoms with Crippen molar-refractivity contribution in [2.75, 3.05) is 14.2 Å². The Balaban J connectivity index is 0. The number of carbonyl (C=O) groups is 6. The van der Waals surface area contributed by atoms with E-state index in [9.17, 15) is 33.2 Å². The number of allylic oxidation sites excluding steroid dienone is 16. The van der Waals surface area contributed by atoms with Gasteiger partial charge in [-0.3, -0.25) is 43.3 Å². The minimum Gasteiger partial charge on any atom is -0.295 e. The second kappa shape index (κ2) is 31.4. The molecular weight excluding hydrogens is 886 g/mol. The van der Waals surface area contributed by atoms with E-state index < -0.39 is 10.7 Å². The number of halogens is 5. The average molecular weight is 952 g/mol. The highest BCUT2D eigenvalue weighted by Crippen LogP contribution is 2.35. The van der Waals surface area contributed by atoms with Crippen LogP contribution in [-0.4, -0.2) is 53.8 Å². The fourth-order valence-corrected chi connectivity index (χ4v) is 7.28. The number of Topliss-reactive ketones (excluding diaryl/α,β-unsaturated/α-hetero) is 6. The summed E-state index contributed by atoms with van der Waals surface area (Å²) in [7, 11) is 1.39. The lowest BCUT2D eigenvalue weighted by Gasteiger charge is -2.04. The predicted octanol–water partition coefficient (Wildman–Crippen LogP) is 14.4. The van der Waals surface area contributed by atoms with Crippen molar-refractivity contribution in [2.45, 2.75) is 123 Å². The first-order valence-corrected chi connectivity index (χ1v) is 21.4. The fourth-order valence-electron chi connectivity index (χ4n) is 7.28. The Kier molecular flexibility index (Phi) is 29.3. The second-order valence-electron chi connectivity index (χ2n) is 16.3. The van der Waals surface area contributed by atoms with Gasteiger partial charge >= 0.3 is 0 Å². The van der Waals surface area contributed by atoms with Gasteiger partial charge in [-0.2, -0.15) is 0 Å². The maximum Gasteiger partial charge on any atom is 0.233 e. The monoisotopic (exact) mass is 951 g/mol. The first-order valence-electron chi connectivity index (χ1n) is 21.4. The van der Waals surface area contributed by atoms with E-state index in [-0.39, 0.29) is 28.9 Å². The molecule has 0 aliphatic heterocycles. The van der Waals surface area contributed by atoms with Gasteiger partial charge in [0.1, 0.15) is 0 Å². The summed E-state index contributed by atoms with van der Waals surface area (Å²) in [6.45, 7) is 27.2. The molecule has 4 aliphatic rings. The lowest BCUT2D eigenvalue weighted by molar-refractivity contribution is -0.445. The number of nitro groups is 1. The molecule has 0 aromatic heterocycles. The Morgan fingerprint density at radius 2 is 0.691 bits per heavy atom. The molecule has 0 amide bonds. The van der Waals surface area contributed by atoms with Gasteiger partial charge < -0.3 is 0 Å². The zero-order valence-corrected chi connectivity index (χ0v) is 42.2. The second-order valence-corrected chi connectivity index (χ2v) is 16.3. The van der Waals surface area contributed by atoms with Gasteiger partial charge in [-0.05, 0) is 160 Å². The van der Waals surface area contributed by atoms with Gasteiger partial charge in [-0.25, -0.2) is 0 Å². The van der Waals surface area contributed by atoms with Crippen LogP contribution in [0, 0.1) is 10.1 Å². The number of alkyl halides is 1. The van der Waals surface area contributed by atoms with Gasteiger partial charge in [0.2, 0.25) is 17.3 Å². The summed E-state index contributed by atoms with van der Waals surface area (Å²) >= 11 is 0. The first-order chi connectivity index (χ1) is 31.8. The molecule has 68 heavy (non-hydrogen) atoms. The van der Waals surface area contributed by atoms with E-state index in [1.807, 2.05) is 91.8 Å². The number of rotatable bonds is 8. The van der Waals surface area contributed by atoms with E-state index in [0.29, 0.717) is 36.7 Å². The summed E-state index contributed by atoms with van der Waals surface area (Å²) in [5, 5.41) is 8.81. The summed E-state index contributed by atoms with van der Waals surface area (Å²) in [6, 6.07) is 18.2. The van der Waals surface area contributed by atoms with Crippen molar-refractivity contribution in [3.05, 3.63) is 171 Å². The van der Waals surface area contributed by atoms with Gasteiger partial charge in [0.25, 0.3) is 0 Å². The lowest BCUT2D eigenvalue weighted by Crippen LogP contribution is -2.16. The number of ketones is 6. The molecule has 9 nitrogen and oxygen atoms in total. The molecule has 6 rings (SSSR count). The Morgan fingerprint density at radius 3 is 0.941 bits per heavy atom.